The van der Waals surface area contributed by atoms with E-state index in [0.29, 0.717) is 0 Å². The average Bonchev–Trinajstić information content (AvgIpc) is 2.02. The van der Waals surface area contributed by atoms with E-state index in [9.17, 15) is 13.2 Å². The van der Waals surface area contributed by atoms with Crippen LogP contribution in [0.5, 0.6) is 5.75 Å². The van der Waals surface area contributed by atoms with Crippen LogP contribution >= 0.6 is 0 Å². The number of rotatable bonds is 1. The molecular weight excluding hydrogens is 187 g/mol. The van der Waals surface area contributed by atoms with Gasteiger partial charge in [-0.15, -0.1) is 0 Å². The van der Waals surface area contributed by atoms with E-state index in [1.165, 1.54) is 0 Å². The second-order valence-corrected chi connectivity index (χ2v) is 2.32. The predicted molar refractivity (Wildman–Crippen MR) is 36.8 cm³/mol. The molecule has 0 aliphatic heterocycles. The van der Waals surface area contributed by atoms with Crippen LogP contribution in [0.1, 0.15) is 11.3 Å². The van der Waals surface area contributed by atoms with Gasteiger partial charge in [-0.1, -0.05) is 0 Å². The number of pyridine rings is 1. The van der Waals surface area contributed by atoms with E-state index in [2.05, 4.69) is 4.98 Å². The molecule has 0 bridgehead atoms. The maximum absolute atomic E-state index is 12.1. The average molecular weight is 193 g/mol. The third-order valence-corrected chi connectivity index (χ3v) is 1.45. The summed E-state index contributed by atoms with van der Waals surface area (Å²) < 4.78 is 36.2. The Balaban J connectivity index is 3.24. The third kappa shape index (κ3) is 1.89. The highest BCUT2D eigenvalue weighted by Gasteiger charge is 2.36. The van der Waals surface area contributed by atoms with Crippen LogP contribution in [0.25, 0.3) is 0 Å². The molecule has 1 aromatic rings. The molecule has 72 valence electrons. The number of aliphatic hydroxyl groups is 1. The zero-order chi connectivity index (χ0) is 10.1. The molecule has 0 atom stereocenters. The Kier molecular flexibility index (Phi) is 2.42. The molecule has 1 rings (SSSR count). The minimum atomic E-state index is -4.70. The van der Waals surface area contributed by atoms with Crippen LogP contribution in [0, 0.1) is 0 Å². The van der Waals surface area contributed by atoms with Crippen LogP contribution in [-0.2, 0) is 12.8 Å². The lowest BCUT2D eigenvalue weighted by molar-refractivity contribution is -0.142. The Bertz CT molecular complexity index is 311. The van der Waals surface area contributed by atoms with Crippen molar-refractivity contribution in [3.05, 3.63) is 23.5 Å². The minimum absolute atomic E-state index is 0.192. The Hall–Kier alpha value is -1.30. The summed E-state index contributed by atoms with van der Waals surface area (Å²) in [5, 5.41) is 17.5. The lowest BCUT2D eigenvalue weighted by Gasteiger charge is -2.09. The van der Waals surface area contributed by atoms with Crippen LogP contribution in [0.15, 0.2) is 12.3 Å². The van der Waals surface area contributed by atoms with E-state index in [0.717, 1.165) is 12.3 Å². The molecule has 0 aliphatic rings. The summed E-state index contributed by atoms with van der Waals surface area (Å²) >= 11 is 0. The maximum Gasteiger partial charge on any atom is 0.437 e. The van der Waals surface area contributed by atoms with Gasteiger partial charge < -0.3 is 10.2 Å². The third-order valence-electron chi connectivity index (χ3n) is 1.45. The molecule has 0 aromatic carbocycles. The van der Waals surface area contributed by atoms with Crippen LogP contribution in [0.3, 0.4) is 0 Å². The molecule has 1 aromatic heterocycles. The van der Waals surface area contributed by atoms with Crippen LogP contribution < -0.4 is 0 Å². The zero-order valence-corrected chi connectivity index (χ0v) is 6.34. The number of aromatic nitrogens is 1. The van der Waals surface area contributed by atoms with E-state index >= 15 is 0 Å². The largest absolute Gasteiger partial charge is 0.505 e. The topological polar surface area (TPSA) is 53.4 Å². The summed E-state index contributed by atoms with van der Waals surface area (Å²) in [5.41, 5.74) is -1.57. The Morgan fingerprint density at radius 2 is 2.00 bits per heavy atom. The number of alkyl halides is 3. The first kappa shape index (κ1) is 9.79. The highest BCUT2D eigenvalue weighted by atomic mass is 19.4. The fourth-order valence-electron chi connectivity index (χ4n) is 0.829. The van der Waals surface area contributed by atoms with Crippen LogP contribution in [-0.4, -0.2) is 15.2 Å². The van der Waals surface area contributed by atoms with Gasteiger partial charge in [0.1, 0.15) is 0 Å². The monoisotopic (exact) mass is 193 g/mol. The predicted octanol–water partition coefficient (Wildman–Crippen LogP) is 1.30. The molecule has 13 heavy (non-hydrogen) atoms. The van der Waals surface area contributed by atoms with Gasteiger partial charge in [-0.3, -0.25) is 0 Å². The van der Waals surface area contributed by atoms with Crippen molar-refractivity contribution in [1.29, 1.82) is 0 Å². The second kappa shape index (κ2) is 3.21. The van der Waals surface area contributed by atoms with Crippen LogP contribution in [0.4, 0.5) is 13.2 Å². The standard InChI is InChI=1S/C7H6F3NO2/c8-7(9,10)6-5(13)4(3-12)1-2-11-6/h1-2,12-13H,3H2. The number of nitrogens with zero attached hydrogens (tertiary/aromatic N) is 1. The summed E-state index contributed by atoms with van der Waals surface area (Å²) in [6.07, 6.45) is -3.82. The van der Waals surface area contributed by atoms with Gasteiger partial charge in [-0.05, 0) is 6.07 Å². The molecule has 0 fully saturated rings. The summed E-state index contributed by atoms with van der Waals surface area (Å²) in [6.45, 7) is -0.655. The quantitative estimate of drug-likeness (QED) is 0.706. The number of aromatic hydroxyl groups is 1. The molecule has 0 spiro atoms. The molecule has 0 saturated carbocycles. The van der Waals surface area contributed by atoms with Gasteiger partial charge in [0, 0.05) is 11.8 Å². The molecular formula is C7H6F3NO2. The molecule has 3 nitrogen and oxygen atoms in total. The zero-order valence-electron chi connectivity index (χ0n) is 6.34. The summed E-state index contributed by atoms with van der Waals surface area (Å²) in [5.74, 6) is -1.02. The SMILES string of the molecule is OCc1ccnc(C(F)(F)F)c1O. The van der Waals surface area contributed by atoms with Gasteiger partial charge in [0.15, 0.2) is 11.4 Å². The Morgan fingerprint density at radius 3 is 2.46 bits per heavy atom. The Morgan fingerprint density at radius 1 is 1.38 bits per heavy atom. The van der Waals surface area contributed by atoms with Crippen molar-refractivity contribution >= 4 is 0 Å². The first-order chi connectivity index (χ1) is 5.96. The summed E-state index contributed by atoms with van der Waals surface area (Å²) in [4.78, 5) is 2.97. The van der Waals surface area contributed by atoms with E-state index in [1.54, 1.807) is 0 Å². The van der Waals surface area contributed by atoms with Gasteiger partial charge in [0.05, 0.1) is 6.61 Å². The van der Waals surface area contributed by atoms with Crippen molar-refractivity contribution in [3.63, 3.8) is 0 Å². The van der Waals surface area contributed by atoms with Crippen molar-refractivity contribution in [2.75, 3.05) is 0 Å². The highest BCUT2D eigenvalue weighted by molar-refractivity contribution is 5.36. The molecule has 0 saturated heterocycles. The van der Waals surface area contributed by atoms with Gasteiger partial charge in [-0.2, -0.15) is 13.2 Å². The fraction of sp³-hybridized carbons (Fsp3) is 0.286. The lowest BCUT2D eigenvalue weighted by Crippen LogP contribution is -2.09. The Labute approximate surface area is 71.5 Å². The molecule has 2 N–H and O–H groups in total. The maximum atomic E-state index is 12.1. The summed E-state index contributed by atoms with van der Waals surface area (Å²) in [6, 6.07) is 1.12. The van der Waals surface area contributed by atoms with Crippen LogP contribution in [0.2, 0.25) is 0 Å². The van der Waals surface area contributed by atoms with E-state index in [-0.39, 0.29) is 5.56 Å². The van der Waals surface area contributed by atoms with Crippen molar-refractivity contribution in [1.82, 2.24) is 4.98 Å². The molecule has 0 aliphatic carbocycles. The lowest BCUT2D eigenvalue weighted by atomic mass is 10.2. The number of halogens is 3. The first-order valence-corrected chi connectivity index (χ1v) is 3.31. The molecule has 6 heteroatoms. The number of aliphatic hydroxyl groups excluding tert-OH is 1. The molecule has 0 unspecified atom stereocenters. The fourth-order valence-corrected chi connectivity index (χ4v) is 0.829. The van der Waals surface area contributed by atoms with Gasteiger partial charge in [0.25, 0.3) is 0 Å². The van der Waals surface area contributed by atoms with E-state index in [4.69, 9.17) is 10.2 Å². The summed E-state index contributed by atoms with van der Waals surface area (Å²) in [7, 11) is 0. The molecule has 1 heterocycles. The molecule has 0 radical (unpaired) electrons. The minimum Gasteiger partial charge on any atom is -0.505 e. The first-order valence-electron chi connectivity index (χ1n) is 3.31. The highest BCUT2D eigenvalue weighted by Crippen LogP contribution is 2.35. The molecule has 0 amide bonds. The van der Waals surface area contributed by atoms with E-state index in [1.807, 2.05) is 0 Å². The second-order valence-electron chi connectivity index (χ2n) is 2.32. The van der Waals surface area contributed by atoms with Gasteiger partial charge >= 0.3 is 6.18 Å². The van der Waals surface area contributed by atoms with Gasteiger partial charge in [-0.25, -0.2) is 4.98 Å². The van der Waals surface area contributed by atoms with Crippen molar-refractivity contribution in [2.45, 2.75) is 12.8 Å². The smallest absolute Gasteiger partial charge is 0.437 e. The number of hydrogen-bond donors (Lipinski definition) is 2. The van der Waals surface area contributed by atoms with Crippen molar-refractivity contribution in [3.8, 4) is 5.75 Å². The van der Waals surface area contributed by atoms with Gasteiger partial charge in [0.2, 0.25) is 0 Å². The van der Waals surface area contributed by atoms with Crippen molar-refractivity contribution < 1.29 is 23.4 Å². The van der Waals surface area contributed by atoms with Crippen molar-refractivity contribution in [2.24, 2.45) is 0 Å². The normalized spacial score (nSPS) is 11.7. The number of hydrogen-bond acceptors (Lipinski definition) is 3. The van der Waals surface area contributed by atoms with E-state index < -0.39 is 24.2 Å².